The second-order valence-electron chi connectivity index (χ2n) is 10.4. The fourth-order valence-electron chi connectivity index (χ4n) is 5.51. The minimum absolute atomic E-state index is 0.0454. The number of aliphatic hydroxyl groups is 1. The Morgan fingerprint density at radius 1 is 1.05 bits per heavy atom. The van der Waals surface area contributed by atoms with Gasteiger partial charge >= 0.3 is 0 Å². The maximum absolute atomic E-state index is 13.2. The van der Waals surface area contributed by atoms with Gasteiger partial charge in [0.15, 0.2) is 0 Å². The van der Waals surface area contributed by atoms with Gasteiger partial charge in [-0.2, -0.15) is 0 Å². The highest BCUT2D eigenvalue weighted by Gasteiger charge is 2.28. The van der Waals surface area contributed by atoms with E-state index in [1.807, 2.05) is 79.3 Å². The Labute approximate surface area is 229 Å². The summed E-state index contributed by atoms with van der Waals surface area (Å²) in [4.78, 5) is 38.6. The largest absolute Gasteiger partial charge is 0.395 e. The van der Waals surface area contributed by atoms with Crippen LogP contribution >= 0.6 is 0 Å². The second kappa shape index (κ2) is 11.0. The number of anilines is 5. The lowest BCUT2D eigenvalue weighted by Crippen LogP contribution is -2.46. The first kappa shape index (κ1) is 26.6. The van der Waals surface area contributed by atoms with Crippen LogP contribution in [-0.2, 0) is 0 Å². The van der Waals surface area contributed by atoms with Crippen molar-refractivity contribution in [2.45, 2.75) is 25.8 Å². The van der Waals surface area contributed by atoms with Gasteiger partial charge in [-0.3, -0.25) is 9.59 Å². The van der Waals surface area contributed by atoms with Gasteiger partial charge < -0.3 is 30.0 Å². The number of aliphatic hydroxyl groups excluding tert-OH is 1. The van der Waals surface area contributed by atoms with E-state index < -0.39 is 0 Å². The summed E-state index contributed by atoms with van der Waals surface area (Å²) >= 11 is 0. The van der Waals surface area contributed by atoms with Crippen molar-refractivity contribution in [1.29, 1.82) is 0 Å². The number of hydrogen-bond donors (Lipinski definition) is 2. The molecule has 39 heavy (non-hydrogen) atoms. The van der Waals surface area contributed by atoms with Crippen LogP contribution in [0.1, 0.15) is 39.1 Å². The number of likely N-dealkylation sites (N-methyl/N-ethyl adjacent to an activating group) is 1. The predicted octanol–water partition coefficient (Wildman–Crippen LogP) is 4.02. The van der Waals surface area contributed by atoms with Gasteiger partial charge in [-0.1, -0.05) is 12.1 Å². The third-order valence-corrected chi connectivity index (χ3v) is 7.95. The molecule has 0 unspecified atom stereocenters. The lowest BCUT2D eigenvalue weighted by molar-refractivity contribution is 0.0628. The molecule has 0 spiro atoms. The molecule has 2 aliphatic heterocycles. The minimum atomic E-state index is -0.0729. The van der Waals surface area contributed by atoms with Crippen LogP contribution in [-0.4, -0.2) is 85.1 Å². The zero-order chi connectivity index (χ0) is 27.7. The number of aryl methyl sites for hydroxylation is 1. The van der Waals surface area contributed by atoms with Crippen LogP contribution < -0.4 is 15.1 Å². The molecule has 2 aromatic carbocycles. The van der Waals surface area contributed by atoms with Crippen molar-refractivity contribution in [1.82, 2.24) is 14.8 Å². The molecule has 204 valence electrons. The maximum atomic E-state index is 13.2. The van der Waals surface area contributed by atoms with Gasteiger partial charge in [-0.25, -0.2) is 4.98 Å². The number of nitrogens with one attached hydrogen (secondary N) is 1. The average Bonchev–Trinajstić information content (AvgIpc) is 3.03. The zero-order valence-electron chi connectivity index (χ0n) is 23.0. The molecule has 9 nitrogen and oxygen atoms in total. The molecule has 2 amide bonds. The van der Waals surface area contributed by atoms with E-state index in [2.05, 4.69) is 15.2 Å². The lowest BCUT2D eigenvalue weighted by Gasteiger charge is -2.36. The molecule has 0 atom stereocenters. The van der Waals surface area contributed by atoms with Crippen molar-refractivity contribution in [2.75, 3.05) is 62.5 Å². The number of amides is 2. The number of carbonyl (C=O) groups excluding carboxylic acids is 2. The van der Waals surface area contributed by atoms with Crippen molar-refractivity contribution < 1.29 is 14.7 Å². The SMILES string of the molecule is Cc1cc(C(=O)N2CCC(N(C)CCO)CC2)ccc1Nc1cc2c(cn1)N(C)C(=O)c1ccccc1N2C. The highest BCUT2D eigenvalue weighted by molar-refractivity contribution is 6.13. The number of aromatic nitrogens is 1. The fourth-order valence-corrected chi connectivity index (χ4v) is 5.51. The summed E-state index contributed by atoms with van der Waals surface area (Å²) in [5, 5.41) is 12.6. The van der Waals surface area contributed by atoms with Gasteiger partial charge in [0.25, 0.3) is 11.8 Å². The highest BCUT2D eigenvalue weighted by atomic mass is 16.3. The summed E-state index contributed by atoms with van der Waals surface area (Å²) < 4.78 is 0. The molecule has 3 heterocycles. The zero-order valence-corrected chi connectivity index (χ0v) is 23.0. The first-order valence-corrected chi connectivity index (χ1v) is 13.4. The molecule has 2 N–H and O–H groups in total. The minimum Gasteiger partial charge on any atom is -0.395 e. The number of fused-ring (bicyclic) bond motifs is 2. The first-order chi connectivity index (χ1) is 18.8. The van der Waals surface area contributed by atoms with E-state index in [0.717, 1.165) is 41.2 Å². The van der Waals surface area contributed by atoms with E-state index in [1.54, 1.807) is 18.1 Å². The van der Waals surface area contributed by atoms with Gasteiger partial charge in [0.05, 0.1) is 35.4 Å². The molecular formula is C30H36N6O3. The fraction of sp³-hybridized carbons (Fsp3) is 0.367. The number of para-hydroxylation sites is 1. The Hall–Kier alpha value is -3.95. The summed E-state index contributed by atoms with van der Waals surface area (Å²) in [7, 11) is 5.75. The highest BCUT2D eigenvalue weighted by Crippen LogP contribution is 2.40. The Balaban J connectivity index is 1.32. The van der Waals surface area contributed by atoms with Crippen molar-refractivity contribution in [3.63, 3.8) is 0 Å². The number of likely N-dealkylation sites (tertiary alicyclic amines) is 1. The maximum Gasteiger partial charge on any atom is 0.260 e. The van der Waals surface area contributed by atoms with Gasteiger partial charge in [0, 0.05) is 57.1 Å². The van der Waals surface area contributed by atoms with Crippen molar-refractivity contribution in [2.24, 2.45) is 0 Å². The molecule has 0 saturated carbocycles. The van der Waals surface area contributed by atoms with Crippen LogP contribution in [0.15, 0.2) is 54.7 Å². The normalized spacial score (nSPS) is 15.7. The van der Waals surface area contributed by atoms with Gasteiger partial charge in [0.1, 0.15) is 5.82 Å². The van der Waals surface area contributed by atoms with E-state index in [9.17, 15) is 14.7 Å². The van der Waals surface area contributed by atoms with Crippen LogP contribution in [0.5, 0.6) is 0 Å². The number of nitrogens with zero attached hydrogens (tertiary/aromatic N) is 5. The number of rotatable bonds is 6. The third-order valence-electron chi connectivity index (χ3n) is 7.95. The Morgan fingerprint density at radius 3 is 2.51 bits per heavy atom. The Bertz CT molecular complexity index is 1380. The van der Waals surface area contributed by atoms with E-state index in [1.165, 1.54) is 0 Å². The van der Waals surface area contributed by atoms with Gasteiger partial charge in [-0.15, -0.1) is 0 Å². The van der Waals surface area contributed by atoms with E-state index in [4.69, 9.17) is 0 Å². The number of benzene rings is 2. The van der Waals surface area contributed by atoms with Crippen molar-refractivity contribution in [3.05, 3.63) is 71.4 Å². The molecule has 1 saturated heterocycles. The number of piperidine rings is 1. The van der Waals surface area contributed by atoms with Crippen LogP contribution in [0.25, 0.3) is 0 Å². The van der Waals surface area contributed by atoms with Gasteiger partial charge in [0.2, 0.25) is 0 Å². The third kappa shape index (κ3) is 5.20. The summed E-state index contributed by atoms with van der Waals surface area (Å²) in [6.07, 6.45) is 3.53. The van der Waals surface area contributed by atoms with Crippen LogP contribution in [0.2, 0.25) is 0 Å². The van der Waals surface area contributed by atoms with E-state index in [0.29, 0.717) is 42.6 Å². The molecule has 5 rings (SSSR count). The summed E-state index contributed by atoms with van der Waals surface area (Å²) in [5.74, 6) is 0.623. The number of pyridine rings is 1. The predicted molar refractivity (Wildman–Crippen MR) is 155 cm³/mol. The molecule has 9 heteroatoms. The standard InChI is InChI=1S/C30H36N6O3/c1-20-17-21(29(38)36-13-11-22(12-14-36)33(2)15-16-37)9-10-24(20)32-28-18-26-27(19-31-28)35(4)30(39)23-7-5-6-8-25(23)34(26)3/h5-10,17-19,22,37H,11-16H2,1-4H3,(H,31,32). The van der Waals surface area contributed by atoms with Crippen molar-refractivity contribution in [3.8, 4) is 0 Å². The Morgan fingerprint density at radius 2 is 1.79 bits per heavy atom. The Kier molecular flexibility index (Phi) is 7.54. The first-order valence-electron chi connectivity index (χ1n) is 13.4. The van der Waals surface area contributed by atoms with Gasteiger partial charge in [-0.05, 0) is 62.7 Å². The average molecular weight is 529 g/mol. The quantitative estimate of drug-likeness (QED) is 0.499. The second-order valence-corrected chi connectivity index (χ2v) is 10.4. The lowest BCUT2D eigenvalue weighted by atomic mass is 10.0. The molecule has 3 aromatic rings. The van der Waals surface area contributed by atoms with Crippen molar-refractivity contribution >= 4 is 40.4 Å². The number of hydrogen-bond acceptors (Lipinski definition) is 7. The molecule has 0 aliphatic carbocycles. The molecule has 0 radical (unpaired) electrons. The number of carbonyl (C=O) groups is 2. The van der Waals surface area contributed by atoms with Crippen LogP contribution in [0, 0.1) is 6.92 Å². The topological polar surface area (TPSA) is 92.2 Å². The monoisotopic (exact) mass is 528 g/mol. The van der Waals surface area contributed by atoms with Crippen LogP contribution in [0.4, 0.5) is 28.6 Å². The summed E-state index contributed by atoms with van der Waals surface area (Å²) in [5.41, 5.74) is 5.57. The van der Waals surface area contributed by atoms with E-state index in [-0.39, 0.29) is 18.4 Å². The van der Waals surface area contributed by atoms with E-state index >= 15 is 0 Å². The molecule has 0 bridgehead atoms. The van der Waals surface area contributed by atoms with Crippen LogP contribution in [0.3, 0.4) is 0 Å². The molecular weight excluding hydrogens is 492 g/mol. The molecule has 1 fully saturated rings. The summed E-state index contributed by atoms with van der Waals surface area (Å²) in [6, 6.07) is 15.6. The molecule has 2 aliphatic rings. The molecule has 1 aromatic heterocycles. The summed E-state index contributed by atoms with van der Waals surface area (Å²) in [6.45, 7) is 4.21. The smallest absolute Gasteiger partial charge is 0.260 e.